The van der Waals surface area contributed by atoms with E-state index in [1.807, 2.05) is 30.3 Å². The molecule has 0 amide bonds. The minimum atomic E-state index is -0.150. The van der Waals surface area contributed by atoms with Crippen molar-refractivity contribution in [2.24, 2.45) is 11.3 Å². The molecule has 2 nitrogen and oxygen atoms in total. The summed E-state index contributed by atoms with van der Waals surface area (Å²) in [6.45, 7) is 7.42. The molecule has 0 radical (unpaired) electrons. The van der Waals surface area contributed by atoms with Gasteiger partial charge in [0.2, 0.25) is 0 Å². The van der Waals surface area contributed by atoms with E-state index in [2.05, 4.69) is 26.8 Å². The predicted molar refractivity (Wildman–Crippen MR) is 102 cm³/mol. The SMILES string of the molecule is CC(C)(C)C1CCC(=C2CC=C(C(=O)OCc3ccccc3)C2)CC1. The lowest BCUT2D eigenvalue weighted by molar-refractivity contribution is -0.140. The van der Waals surface area contributed by atoms with Crippen LogP contribution >= 0.6 is 0 Å². The van der Waals surface area contributed by atoms with Crippen LogP contribution in [0.1, 0.15) is 64.9 Å². The standard InChI is InChI=1S/C23H30O2/c1-23(2,3)21-13-11-18(12-14-21)19-9-10-20(15-19)22(24)25-16-17-7-5-4-6-8-17/h4-8,10,21H,9,11-16H2,1-3H3. The molecule has 0 N–H and O–H groups in total. The van der Waals surface area contributed by atoms with Gasteiger partial charge in [-0.3, -0.25) is 0 Å². The van der Waals surface area contributed by atoms with Crippen molar-refractivity contribution in [2.75, 3.05) is 0 Å². The third-order valence-electron chi connectivity index (χ3n) is 5.79. The summed E-state index contributed by atoms with van der Waals surface area (Å²) in [5.74, 6) is 0.671. The Labute approximate surface area is 152 Å². The van der Waals surface area contributed by atoms with Gasteiger partial charge < -0.3 is 4.74 Å². The van der Waals surface area contributed by atoms with Gasteiger partial charge in [-0.1, -0.05) is 68.3 Å². The molecule has 134 valence electrons. The molecule has 25 heavy (non-hydrogen) atoms. The van der Waals surface area contributed by atoms with Crippen molar-refractivity contribution >= 4 is 5.97 Å². The fourth-order valence-electron chi connectivity index (χ4n) is 4.05. The summed E-state index contributed by atoms with van der Waals surface area (Å²) >= 11 is 0. The third-order valence-corrected chi connectivity index (χ3v) is 5.79. The summed E-state index contributed by atoms with van der Waals surface area (Å²) in [7, 11) is 0. The summed E-state index contributed by atoms with van der Waals surface area (Å²) in [4.78, 5) is 12.3. The van der Waals surface area contributed by atoms with Crippen LogP contribution in [-0.4, -0.2) is 5.97 Å². The number of ether oxygens (including phenoxy) is 1. The summed E-state index contributed by atoms with van der Waals surface area (Å²) in [6.07, 6.45) is 8.79. The molecule has 0 atom stereocenters. The van der Waals surface area contributed by atoms with E-state index in [1.54, 1.807) is 5.57 Å². The Bertz CT molecular complexity index is 664. The van der Waals surface area contributed by atoms with Crippen LogP contribution in [0.2, 0.25) is 0 Å². The maximum atomic E-state index is 12.3. The highest BCUT2D eigenvalue weighted by Gasteiger charge is 2.29. The van der Waals surface area contributed by atoms with Gasteiger partial charge in [0.1, 0.15) is 6.61 Å². The summed E-state index contributed by atoms with van der Waals surface area (Å²) in [5.41, 5.74) is 5.36. The van der Waals surface area contributed by atoms with Crippen LogP contribution in [0.25, 0.3) is 0 Å². The number of carbonyl (C=O) groups excluding carboxylic acids is 1. The smallest absolute Gasteiger partial charge is 0.334 e. The van der Waals surface area contributed by atoms with E-state index in [0.29, 0.717) is 12.0 Å². The van der Waals surface area contributed by atoms with Gasteiger partial charge in [0.25, 0.3) is 0 Å². The second-order valence-corrected chi connectivity index (χ2v) is 8.52. The molecular formula is C23H30O2. The molecular weight excluding hydrogens is 308 g/mol. The van der Waals surface area contributed by atoms with E-state index >= 15 is 0 Å². The molecule has 1 saturated carbocycles. The van der Waals surface area contributed by atoms with Crippen LogP contribution in [0.4, 0.5) is 0 Å². The summed E-state index contributed by atoms with van der Waals surface area (Å²) in [5, 5.41) is 0. The van der Waals surface area contributed by atoms with Crippen molar-refractivity contribution in [3.63, 3.8) is 0 Å². The van der Waals surface area contributed by atoms with Gasteiger partial charge in [0, 0.05) is 12.0 Å². The first kappa shape index (κ1) is 18.0. The van der Waals surface area contributed by atoms with E-state index in [1.165, 1.54) is 31.3 Å². The molecule has 1 aromatic rings. The highest BCUT2D eigenvalue weighted by Crippen LogP contribution is 2.42. The van der Waals surface area contributed by atoms with Crippen molar-refractivity contribution in [3.05, 3.63) is 58.7 Å². The van der Waals surface area contributed by atoms with Crippen LogP contribution < -0.4 is 0 Å². The fraction of sp³-hybridized carbons (Fsp3) is 0.522. The summed E-state index contributed by atoms with van der Waals surface area (Å²) < 4.78 is 5.48. The Morgan fingerprint density at radius 1 is 1.08 bits per heavy atom. The van der Waals surface area contributed by atoms with Crippen LogP contribution in [0.5, 0.6) is 0 Å². The number of hydrogen-bond donors (Lipinski definition) is 0. The first-order valence-corrected chi connectivity index (χ1v) is 9.53. The van der Waals surface area contributed by atoms with Gasteiger partial charge in [0.15, 0.2) is 0 Å². The van der Waals surface area contributed by atoms with Gasteiger partial charge >= 0.3 is 5.97 Å². The van der Waals surface area contributed by atoms with Gasteiger partial charge in [-0.25, -0.2) is 4.79 Å². The van der Waals surface area contributed by atoms with E-state index in [0.717, 1.165) is 29.9 Å². The average molecular weight is 338 g/mol. The average Bonchev–Trinajstić information content (AvgIpc) is 3.10. The minimum absolute atomic E-state index is 0.150. The number of benzene rings is 1. The van der Waals surface area contributed by atoms with E-state index in [-0.39, 0.29) is 5.97 Å². The highest BCUT2D eigenvalue weighted by molar-refractivity contribution is 5.90. The molecule has 1 fully saturated rings. The van der Waals surface area contributed by atoms with Gasteiger partial charge in [0.05, 0.1) is 0 Å². The Hall–Kier alpha value is -1.83. The van der Waals surface area contributed by atoms with Crippen molar-refractivity contribution in [3.8, 4) is 0 Å². The first-order valence-electron chi connectivity index (χ1n) is 9.53. The number of esters is 1. The van der Waals surface area contributed by atoms with Crippen LogP contribution in [0.3, 0.4) is 0 Å². The summed E-state index contributed by atoms with van der Waals surface area (Å²) in [6, 6.07) is 9.87. The van der Waals surface area contributed by atoms with E-state index < -0.39 is 0 Å². The number of hydrogen-bond acceptors (Lipinski definition) is 2. The normalized spacial score (nSPS) is 21.2. The molecule has 0 unspecified atom stereocenters. The Morgan fingerprint density at radius 3 is 2.40 bits per heavy atom. The minimum Gasteiger partial charge on any atom is -0.457 e. The van der Waals surface area contributed by atoms with E-state index in [9.17, 15) is 4.79 Å². The monoisotopic (exact) mass is 338 g/mol. The highest BCUT2D eigenvalue weighted by atomic mass is 16.5. The topological polar surface area (TPSA) is 26.3 Å². The largest absolute Gasteiger partial charge is 0.457 e. The lowest BCUT2D eigenvalue weighted by atomic mass is 9.70. The Morgan fingerprint density at radius 2 is 1.76 bits per heavy atom. The van der Waals surface area contributed by atoms with Gasteiger partial charge in [-0.05, 0) is 49.0 Å². The zero-order valence-electron chi connectivity index (χ0n) is 15.8. The first-order chi connectivity index (χ1) is 11.9. The van der Waals surface area contributed by atoms with Crippen molar-refractivity contribution in [1.82, 2.24) is 0 Å². The lowest BCUT2D eigenvalue weighted by Gasteiger charge is -2.35. The quantitative estimate of drug-likeness (QED) is 0.500. The number of rotatable bonds is 3. The third kappa shape index (κ3) is 4.62. The van der Waals surface area contributed by atoms with Gasteiger partial charge in [-0.15, -0.1) is 0 Å². The zero-order chi connectivity index (χ0) is 17.9. The molecule has 1 aromatic carbocycles. The Kier molecular flexibility index (Phi) is 5.46. The number of allylic oxidation sites excluding steroid dienone is 3. The molecule has 0 aromatic heterocycles. The lowest BCUT2D eigenvalue weighted by Crippen LogP contribution is -2.23. The number of carbonyl (C=O) groups is 1. The molecule has 2 heteroatoms. The second-order valence-electron chi connectivity index (χ2n) is 8.52. The molecule has 3 rings (SSSR count). The van der Waals surface area contributed by atoms with Crippen LogP contribution in [0, 0.1) is 11.3 Å². The Balaban J connectivity index is 1.52. The second kappa shape index (κ2) is 7.59. The predicted octanol–water partition coefficient (Wildman–Crippen LogP) is 5.98. The molecule has 2 aliphatic carbocycles. The van der Waals surface area contributed by atoms with Crippen molar-refractivity contribution in [1.29, 1.82) is 0 Å². The van der Waals surface area contributed by atoms with Crippen molar-refractivity contribution < 1.29 is 9.53 Å². The molecule has 0 spiro atoms. The fourth-order valence-corrected chi connectivity index (χ4v) is 4.05. The van der Waals surface area contributed by atoms with Crippen LogP contribution in [-0.2, 0) is 16.1 Å². The maximum Gasteiger partial charge on any atom is 0.334 e. The maximum absolute atomic E-state index is 12.3. The van der Waals surface area contributed by atoms with Gasteiger partial charge in [-0.2, -0.15) is 0 Å². The molecule has 0 bridgehead atoms. The molecule has 0 heterocycles. The molecule has 0 aliphatic heterocycles. The van der Waals surface area contributed by atoms with Crippen LogP contribution in [0.15, 0.2) is 53.1 Å². The van der Waals surface area contributed by atoms with E-state index in [4.69, 9.17) is 4.74 Å². The zero-order valence-corrected chi connectivity index (χ0v) is 15.8. The molecule has 0 saturated heterocycles. The van der Waals surface area contributed by atoms with Crippen molar-refractivity contribution in [2.45, 2.75) is 65.9 Å². The molecule has 2 aliphatic rings.